The Kier molecular flexibility index (Phi) is 7.02. The van der Waals surface area contributed by atoms with Crippen molar-refractivity contribution in [2.24, 2.45) is 13.0 Å². The topological polar surface area (TPSA) is 29.9 Å². The lowest BCUT2D eigenvalue weighted by Crippen LogP contribution is -2.25. The third-order valence-electron chi connectivity index (χ3n) is 3.44. The predicted octanol–water partition coefficient (Wildman–Crippen LogP) is 2.94. The summed E-state index contributed by atoms with van der Waals surface area (Å²) in [5.74, 6) is 0.738. The molecule has 0 radical (unpaired) electrons. The lowest BCUT2D eigenvalue weighted by atomic mass is 9.97. The van der Waals surface area contributed by atoms with Gasteiger partial charge in [0, 0.05) is 12.7 Å². The summed E-state index contributed by atoms with van der Waals surface area (Å²) in [6.07, 6.45) is 5.94. The summed E-state index contributed by atoms with van der Waals surface area (Å²) in [5, 5.41) is 8.09. The Morgan fingerprint density at radius 1 is 1.28 bits per heavy atom. The number of nitrogens with one attached hydrogen (secondary N) is 1. The third-order valence-corrected chi connectivity index (χ3v) is 3.44. The molecule has 0 saturated heterocycles. The molecular weight excluding hydrogens is 222 g/mol. The normalized spacial score (nSPS) is 12.9. The maximum atomic E-state index is 4.54. The van der Waals surface area contributed by atoms with Crippen molar-refractivity contribution in [2.75, 3.05) is 13.1 Å². The molecule has 3 nitrogen and oxygen atoms in total. The van der Waals surface area contributed by atoms with E-state index in [1.54, 1.807) is 0 Å². The quantitative estimate of drug-likeness (QED) is 0.684. The van der Waals surface area contributed by atoms with E-state index in [9.17, 15) is 0 Å². The van der Waals surface area contributed by atoms with Gasteiger partial charge in [0.25, 0.3) is 0 Å². The van der Waals surface area contributed by atoms with Gasteiger partial charge in [0.2, 0.25) is 0 Å². The monoisotopic (exact) mass is 251 g/mol. The Balaban J connectivity index is 2.55. The van der Waals surface area contributed by atoms with E-state index in [2.05, 4.69) is 49.0 Å². The predicted molar refractivity (Wildman–Crippen MR) is 77.8 cm³/mol. The molecule has 104 valence electrons. The minimum atomic E-state index is 0.738. The molecule has 1 aromatic heterocycles. The molecule has 18 heavy (non-hydrogen) atoms. The van der Waals surface area contributed by atoms with Crippen molar-refractivity contribution in [1.82, 2.24) is 15.1 Å². The van der Waals surface area contributed by atoms with Crippen LogP contribution in [-0.2, 0) is 19.9 Å². The maximum Gasteiger partial charge on any atom is 0.0624 e. The minimum absolute atomic E-state index is 0.738. The molecule has 1 heterocycles. The molecule has 1 aromatic rings. The van der Waals surface area contributed by atoms with Crippen LogP contribution in [0.3, 0.4) is 0 Å². The van der Waals surface area contributed by atoms with Crippen LogP contribution >= 0.6 is 0 Å². The highest BCUT2D eigenvalue weighted by Crippen LogP contribution is 2.14. The Morgan fingerprint density at radius 3 is 2.61 bits per heavy atom. The van der Waals surface area contributed by atoms with E-state index in [4.69, 9.17) is 0 Å². The Bertz CT molecular complexity index is 330. The maximum absolute atomic E-state index is 4.54. The number of aryl methyl sites for hydroxylation is 2. The van der Waals surface area contributed by atoms with Gasteiger partial charge in [0.1, 0.15) is 0 Å². The number of hydrogen-bond donors (Lipinski definition) is 1. The van der Waals surface area contributed by atoms with Crippen molar-refractivity contribution < 1.29 is 0 Å². The Hall–Kier alpha value is -0.830. The van der Waals surface area contributed by atoms with Crippen molar-refractivity contribution >= 4 is 0 Å². The van der Waals surface area contributed by atoms with Gasteiger partial charge in [-0.15, -0.1) is 0 Å². The summed E-state index contributed by atoms with van der Waals surface area (Å²) in [7, 11) is 2.07. The summed E-state index contributed by atoms with van der Waals surface area (Å²) in [6.45, 7) is 8.92. The van der Waals surface area contributed by atoms with Crippen LogP contribution < -0.4 is 5.32 Å². The summed E-state index contributed by atoms with van der Waals surface area (Å²) in [4.78, 5) is 0. The Labute approximate surface area is 112 Å². The molecule has 0 amide bonds. The second kappa shape index (κ2) is 8.30. The molecule has 0 aliphatic heterocycles. The second-order valence-corrected chi connectivity index (χ2v) is 5.17. The first kappa shape index (κ1) is 15.2. The van der Waals surface area contributed by atoms with Gasteiger partial charge in [0.05, 0.1) is 5.69 Å². The summed E-state index contributed by atoms with van der Waals surface area (Å²) >= 11 is 0. The van der Waals surface area contributed by atoms with Crippen LogP contribution in [0.25, 0.3) is 0 Å². The number of nitrogens with zero attached hydrogens (tertiary/aromatic N) is 2. The molecule has 0 aromatic carbocycles. The van der Waals surface area contributed by atoms with E-state index >= 15 is 0 Å². The fraction of sp³-hybridized carbons (Fsp3) is 0.800. The molecule has 0 saturated carbocycles. The summed E-state index contributed by atoms with van der Waals surface area (Å²) in [6, 6.07) is 2.27. The first-order chi connectivity index (χ1) is 8.71. The first-order valence-electron chi connectivity index (χ1n) is 7.43. The van der Waals surface area contributed by atoms with Gasteiger partial charge in [-0.2, -0.15) is 5.10 Å². The number of rotatable bonds is 9. The zero-order valence-corrected chi connectivity index (χ0v) is 12.5. The zero-order chi connectivity index (χ0) is 13.4. The lowest BCUT2D eigenvalue weighted by Gasteiger charge is -2.16. The fourth-order valence-corrected chi connectivity index (χ4v) is 2.40. The van der Waals surface area contributed by atoms with Gasteiger partial charge < -0.3 is 5.32 Å². The SMILES string of the molecule is CCCNCC(CCC)Cc1cc(CC)nn1C. The molecular formula is C15H29N3. The van der Waals surface area contributed by atoms with Crippen molar-refractivity contribution in [3.05, 3.63) is 17.5 Å². The molecule has 0 fully saturated rings. The highest BCUT2D eigenvalue weighted by molar-refractivity contribution is 5.11. The van der Waals surface area contributed by atoms with Crippen LogP contribution in [0.5, 0.6) is 0 Å². The molecule has 0 bridgehead atoms. The van der Waals surface area contributed by atoms with E-state index in [0.717, 1.165) is 31.8 Å². The van der Waals surface area contributed by atoms with Gasteiger partial charge in [0.15, 0.2) is 0 Å². The van der Waals surface area contributed by atoms with E-state index in [1.807, 2.05) is 0 Å². The van der Waals surface area contributed by atoms with Crippen LogP contribution in [0.1, 0.15) is 51.4 Å². The van der Waals surface area contributed by atoms with Crippen LogP contribution in [-0.4, -0.2) is 22.9 Å². The molecule has 0 spiro atoms. The van der Waals surface area contributed by atoms with Crippen LogP contribution in [0.15, 0.2) is 6.07 Å². The van der Waals surface area contributed by atoms with Crippen LogP contribution in [0, 0.1) is 5.92 Å². The van der Waals surface area contributed by atoms with Crippen molar-refractivity contribution in [1.29, 1.82) is 0 Å². The molecule has 0 aliphatic rings. The van der Waals surface area contributed by atoms with Crippen LogP contribution in [0.2, 0.25) is 0 Å². The second-order valence-electron chi connectivity index (χ2n) is 5.17. The van der Waals surface area contributed by atoms with E-state index in [-0.39, 0.29) is 0 Å². The lowest BCUT2D eigenvalue weighted by molar-refractivity contribution is 0.428. The van der Waals surface area contributed by atoms with E-state index in [0.29, 0.717) is 0 Å². The standard InChI is InChI=1S/C15H29N3/c1-5-8-13(12-16-9-6-2)10-15-11-14(7-3)17-18(15)4/h11,13,16H,5-10,12H2,1-4H3. The Morgan fingerprint density at radius 2 is 2.06 bits per heavy atom. The van der Waals surface area contributed by atoms with E-state index < -0.39 is 0 Å². The van der Waals surface area contributed by atoms with Crippen molar-refractivity contribution in [3.63, 3.8) is 0 Å². The van der Waals surface area contributed by atoms with Crippen LogP contribution in [0.4, 0.5) is 0 Å². The average molecular weight is 251 g/mol. The highest BCUT2D eigenvalue weighted by atomic mass is 15.3. The molecule has 1 N–H and O–H groups in total. The highest BCUT2D eigenvalue weighted by Gasteiger charge is 2.12. The van der Waals surface area contributed by atoms with Gasteiger partial charge >= 0.3 is 0 Å². The van der Waals surface area contributed by atoms with Gasteiger partial charge in [-0.1, -0.05) is 27.2 Å². The zero-order valence-electron chi connectivity index (χ0n) is 12.5. The molecule has 3 heteroatoms. The third kappa shape index (κ3) is 4.81. The van der Waals surface area contributed by atoms with E-state index in [1.165, 1.54) is 30.7 Å². The molecule has 0 aliphatic carbocycles. The van der Waals surface area contributed by atoms with Gasteiger partial charge in [-0.3, -0.25) is 4.68 Å². The smallest absolute Gasteiger partial charge is 0.0624 e. The molecule has 1 rings (SSSR count). The molecule has 1 atom stereocenters. The fourth-order valence-electron chi connectivity index (χ4n) is 2.40. The minimum Gasteiger partial charge on any atom is -0.316 e. The summed E-state index contributed by atoms with van der Waals surface area (Å²) in [5.41, 5.74) is 2.59. The molecule has 1 unspecified atom stereocenters. The number of aromatic nitrogens is 2. The van der Waals surface area contributed by atoms with Crippen molar-refractivity contribution in [2.45, 2.75) is 52.9 Å². The van der Waals surface area contributed by atoms with Gasteiger partial charge in [-0.05, 0) is 50.8 Å². The average Bonchev–Trinajstić information content (AvgIpc) is 2.71. The largest absolute Gasteiger partial charge is 0.316 e. The number of hydrogen-bond acceptors (Lipinski definition) is 2. The van der Waals surface area contributed by atoms with Gasteiger partial charge in [-0.25, -0.2) is 0 Å². The van der Waals surface area contributed by atoms with Crippen molar-refractivity contribution in [3.8, 4) is 0 Å². The first-order valence-corrected chi connectivity index (χ1v) is 7.43. The summed E-state index contributed by atoms with van der Waals surface area (Å²) < 4.78 is 2.06.